The van der Waals surface area contributed by atoms with Gasteiger partial charge in [0.25, 0.3) is 0 Å². The molecule has 0 radical (unpaired) electrons. The molecule has 142 valence electrons. The van der Waals surface area contributed by atoms with Gasteiger partial charge in [-0.25, -0.2) is 0 Å². The molecule has 2 aromatic carbocycles. The topological polar surface area (TPSA) is 39.2 Å². The fraction of sp³-hybridized carbons (Fsp3) is 0.167. The maximum absolute atomic E-state index is 12.1. The molecule has 1 heterocycles. The van der Waals surface area contributed by atoms with E-state index in [0.29, 0.717) is 5.69 Å². The number of alkyl halides is 1. The van der Waals surface area contributed by atoms with Gasteiger partial charge in [-0.2, -0.15) is 0 Å². The minimum absolute atomic E-state index is 0.101. The number of hydrogen-bond donors (Lipinski definition) is 0. The summed E-state index contributed by atoms with van der Waals surface area (Å²) in [5.74, 6) is 0.794. The van der Waals surface area contributed by atoms with Gasteiger partial charge in [0.1, 0.15) is 11.4 Å². The number of ketones is 1. The summed E-state index contributed by atoms with van der Waals surface area (Å²) >= 11 is 3.42. The standard InChI is InChI=1S/C24H22BrNO2/c25-16-2-4-18-28-22-13-11-21(12-14-22)20-9-6-19(7-10-20)8-15-24(27)23-5-1-3-17-26-23/h1,3,5-15,17H,2,4,16,18H2/b15-8+. The van der Waals surface area contributed by atoms with Crippen molar-refractivity contribution >= 4 is 27.8 Å². The third-order valence-electron chi connectivity index (χ3n) is 4.24. The highest BCUT2D eigenvalue weighted by molar-refractivity contribution is 9.09. The van der Waals surface area contributed by atoms with E-state index in [0.717, 1.165) is 47.2 Å². The van der Waals surface area contributed by atoms with E-state index in [1.807, 2.05) is 36.4 Å². The maximum Gasteiger partial charge on any atom is 0.204 e. The summed E-state index contributed by atoms with van der Waals surface area (Å²) < 4.78 is 5.74. The van der Waals surface area contributed by atoms with E-state index in [9.17, 15) is 4.79 Å². The van der Waals surface area contributed by atoms with Crippen molar-refractivity contribution in [3.63, 3.8) is 0 Å². The van der Waals surface area contributed by atoms with Crippen LogP contribution >= 0.6 is 15.9 Å². The summed E-state index contributed by atoms with van der Waals surface area (Å²) in [5, 5.41) is 1.01. The Morgan fingerprint density at radius 3 is 2.29 bits per heavy atom. The lowest BCUT2D eigenvalue weighted by atomic mass is 10.0. The van der Waals surface area contributed by atoms with Crippen LogP contribution in [0.15, 0.2) is 79.0 Å². The van der Waals surface area contributed by atoms with Crippen LogP contribution in [0.3, 0.4) is 0 Å². The summed E-state index contributed by atoms with van der Waals surface area (Å²) in [6.07, 6.45) is 7.15. The average Bonchev–Trinajstić information content (AvgIpc) is 2.76. The Bertz CT molecular complexity index is 904. The molecule has 0 saturated heterocycles. The van der Waals surface area contributed by atoms with E-state index in [-0.39, 0.29) is 5.78 Å². The Kier molecular flexibility index (Phi) is 7.56. The molecule has 0 spiro atoms. The predicted molar refractivity (Wildman–Crippen MR) is 118 cm³/mol. The SMILES string of the molecule is O=C(/C=C/c1ccc(-c2ccc(OCCCCBr)cc2)cc1)c1ccccn1. The monoisotopic (exact) mass is 435 g/mol. The Labute approximate surface area is 174 Å². The smallest absolute Gasteiger partial charge is 0.204 e. The number of rotatable bonds is 9. The second-order valence-corrected chi connectivity index (χ2v) is 7.10. The highest BCUT2D eigenvalue weighted by atomic mass is 79.9. The van der Waals surface area contributed by atoms with E-state index in [2.05, 4.69) is 45.2 Å². The summed E-state index contributed by atoms with van der Waals surface area (Å²) in [5.41, 5.74) is 3.68. The molecule has 0 N–H and O–H groups in total. The van der Waals surface area contributed by atoms with Crippen molar-refractivity contribution in [2.45, 2.75) is 12.8 Å². The van der Waals surface area contributed by atoms with E-state index in [1.54, 1.807) is 24.4 Å². The van der Waals surface area contributed by atoms with Gasteiger partial charge in [0, 0.05) is 11.5 Å². The predicted octanol–water partition coefficient (Wildman–Crippen LogP) is 6.20. The van der Waals surface area contributed by atoms with Crippen LogP contribution in [0.2, 0.25) is 0 Å². The highest BCUT2D eigenvalue weighted by Gasteiger charge is 2.02. The van der Waals surface area contributed by atoms with Gasteiger partial charge < -0.3 is 4.74 Å². The van der Waals surface area contributed by atoms with E-state index < -0.39 is 0 Å². The lowest BCUT2D eigenvalue weighted by molar-refractivity contribution is 0.104. The number of carbonyl (C=O) groups excluding carboxylic acids is 1. The molecule has 0 aliphatic rings. The fourth-order valence-electron chi connectivity index (χ4n) is 2.68. The number of benzene rings is 2. The lowest BCUT2D eigenvalue weighted by Crippen LogP contribution is -1.97. The third kappa shape index (κ3) is 5.89. The van der Waals surface area contributed by atoms with Gasteiger partial charge in [-0.05, 0) is 59.9 Å². The summed E-state index contributed by atoms with van der Waals surface area (Å²) in [6, 6.07) is 21.6. The zero-order valence-corrected chi connectivity index (χ0v) is 17.1. The molecule has 0 unspecified atom stereocenters. The fourth-order valence-corrected chi connectivity index (χ4v) is 3.08. The molecule has 28 heavy (non-hydrogen) atoms. The zero-order chi connectivity index (χ0) is 19.6. The van der Waals surface area contributed by atoms with Crippen LogP contribution in [0.25, 0.3) is 17.2 Å². The van der Waals surface area contributed by atoms with Crippen LogP contribution in [-0.4, -0.2) is 22.7 Å². The van der Waals surface area contributed by atoms with Gasteiger partial charge in [-0.3, -0.25) is 9.78 Å². The van der Waals surface area contributed by atoms with Crippen molar-refractivity contribution < 1.29 is 9.53 Å². The Balaban J connectivity index is 1.59. The Morgan fingerprint density at radius 1 is 0.929 bits per heavy atom. The van der Waals surface area contributed by atoms with Crippen molar-refractivity contribution in [2.24, 2.45) is 0 Å². The Morgan fingerprint density at radius 2 is 1.64 bits per heavy atom. The summed E-state index contributed by atoms with van der Waals surface area (Å²) in [6.45, 7) is 0.739. The number of hydrogen-bond acceptors (Lipinski definition) is 3. The second kappa shape index (κ2) is 10.6. The number of unbranched alkanes of at least 4 members (excludes halogenated alkanes) is 1. The zero-order valence-electron chi connectivity index (χ0n) is 15.6. The van der Waals surface area contributed by atoms with Gasteiger partial charge in [-0.15, -0.1) is 0 Å². The van der Waals surface area contributed by atoms with Gasteiger partial charge in [-0.1, -0.05) is 64.5 Å². The lowest BCUT2D eigenvalue weighted by Gasteiger charge is -2.07. The molecule has 0 aliphatic carbocycles. The number of ether oxygens (including phenoxy) is 1. The molecule has 4 heteroatoms. The molecular weight excluding hydrogens is 414 g/mol. The molecule has 3 rings (SSSR count). The molecule has 3 nitrogen and oxygen atoms in total. The number of aromatic nitrogens is 1. The maximum atomic E-state index is 12.1. The first kappa shape index (κ1) is 20.0. The molecule has 3 aromatic rings. The van der Waals surface area contributed by atoms with Crippen LogP contribution < -0.4 is 4.74 Å². The summed E-state index contributed by atoms with van der Waals surface area (Å²) in [7, 11) is 0. The Hall–Kier alpha value is -2.72. The molecule has 0 amide bonds. The minimum Gasteiger partial charge on any atom is -0.494 e. The van der Waals surface area contributed by atoms with Crippen molar-refractivity contribution in [2.75, 3.05) is 11.9 Å². The number of halogens is 1. The van der Waals surface area contributed by atoms with Crippen LogP contribution in [0.1, 0.15) is 28.9 Å². The highest BCUT2D eigenvalue weighted by Crippen LogP contribution is 2.23. The van der Waals surface area contributed by atoms with Crippen molar-refractivity contribution in [3.8, 4) is 16.9 Å². The van der Waals surface area contributed by atoms with E-state index >= 15 is 0 Å². The largest absolute Gasteiger partial charge is 0.494 e. The quantitative estimate of drug-likeness (QED) is 0.174. The summed E-state index contributed by atoms with van der Waals surface area (Å²) in [4.78, 5) is 16.2. The average molecular weight is 436 g/mol. The second-order valence-electron chi connectivity index (χ2n) is 6.30. The molecular formula is C24H22BrNO2. The van der Waals surface area contributed by atoms with Gasteiger partial charge in [0.2, 0.25) is 5.78 Å². The third-order valence-corrected chi connectivity index (χ3v) is 4.80. The molecule has 0 fully saturated rings. The van der Waals surface area contributed by atoms with Crippen molar-refractivity contribution in [1.82, 2.24) is 4.98 Å². The van der Waals surface area contributed by atoms with Crippen LogP contribution in [0.4, 0.5) is 0 Å². The van der Waals surface area contributed by atoms with Gasteiger partial charge in [0.05, 0.1) is 6.61 Å². The van der Waals surface area contributed by atoms with Crippen molar-refractivity contribution in [3.05, 3.63) is 90.3 Å². The number of pyridine rings is 1. The normalized spacial score (nSPS) is 10.9. The van der Waals surface area contributed by atoms with Crippen molar-refractivity contribution in [1.29, 1.82) is 0 Å². The van der Waals surface area contributed by atoms with Crippen LogP contribution in [0, 0.1) is 0 Å². The van der Waals surface area contributed by atoms with E-state index in [1.165, 1.54) is 0 Å². The first-order chi connectivity index (χ1) is 13.8. The number of allylic oxidation sites excluding steroid dienone is 1. The minimum atomic E-state index is -0.101. The first-order valence-electron chi connectivity index (χ1n) is 9.29. The first-order valence-corrected chi connectivity index (χ1v) is 10.4. The number of carbonyl (C=O) groups is 1. The van der Waals surface area contributed by atoms with Crippen LogP contribution in [0.5, 0.6) is 5.75 Å². The van der Waals surface area contributed by atoms with Gasteiger partial charge >= 0.3 is 0 Å². The number of nitrogens with zero attached hydrogens (tertiary/aromatic N) is 1. The molecule has 0 aliphatic heterocycles. The van der Waals surface area contributed by atoms with E-state index in [4.69, 9.17) is 4.74 Å². The molecule has 0 saturated carbocycles. The molecule has 0 atom stereocenters. The molecule has 0 bridgehead atoms. The van der Waals surface area contributed by atoms with Crippen LogP contribution in [-0.2, 0) is 0 Å². The van der Waals surface area contributed by atoms with Gasteiger partial charge in [0.15, 0.2) is 0 Å². The molecule has 1 aromatic heterocycles.